The van der Waals surface area contributed by atoms with Gasteiger partial charge in [0.2, 0.25) is 0 Å². The van der Waals surface area contributed by atoms with E-state index in [4.69, 9.17) is 21.1 Å². The quantitative estimate of drug-likeness (QED) is 0.646. The van der Waals surface area contributed by atoms with Crippen molar-refractivity contribution in [2.75, 3.05) is 11.9 Å². The molecule has 0 aliphatic rings. The molecular weight excluding hydrogens is 376 g/mol. The van der Waals surface area contributed by atoms with Crippen molar-refractivity contribution in [1.82, 2.24) is 4.98 Å². The molecule has 2 aromatic carbocycles. The second-order valence-electron chi connectivity index (χ2n) is 5.36. The van der Waals surface area contributed by atoms with Crippen LogP contribution in [0.25, 0.3) is 10.2 Å². The van der Waals surface area contributed by atoms with E-state index in [0.717, 1.165) is 10.2 Å². The van der Waals surface area contributed by atoms with Gasteiger partial charge in [0.15, 0.2) is 17.8 Å². The van der Waals surface area contributed by atoms with E-state index in [-0.39, 0.29) is 0 Å². The maximum Gasteiger partial charge on any atom is 0.347 e. The van der Waals surface area contributed by atoms with Crippen molar-refractivity contribution < 1.29 is 19.1 Å². The number of hydrogen-bond acceptors (Lipinski definition) is 6. The number of nitrogens with zero attached hydrogens (tertiary/aromatic N) is 1. The van der Waals surface area contributed by atoms with Gasteiger partial charge in [0, 0.05) is 5.02 Å². The molecule has 6 nitrogen and oxygen atoms in total. The number of esters is 1. The molecule has 3 rings (SSSR count). The second-order valence-corrected chi connectivity index (χ2v) is 6.82. The Bertz CT molecular complexity index is 893. The molecule has 1 aromatic heterocycles. The van der Waals surface area contributed by atoms with E-state index in [1.807, 2.05) is 24.3 Å². The Labute approximate surface area is 158 Å². The Morgan fingerprint density at radius 2 is 1.92 bits per heavy atom. The first-order valence-corrected chi connectivity index (χ1v) is 8.95. The zero-order chi connectivity index (χ0) is 18.5. The van der Waals surface area contributed by atoms with Crippen LogP contribution in [-0.4, -0.2) is 29.6 Å². The topological polar surface area (TPSA) is 77.5 Å². The monoisotopic (exact) mass is 390 g/mol. The van der Waals surface area contributed by atoms with Crippen LogP contribution >= 0.6 is 22.9 Å². The molecule has 8 heteroatoms. The number of benzene rings is 2. The van der Waals surface area contributed by atoms with Gasteiger partial charge in [-0.05, 0) is 43.3 Å². The molecule has 0 saturated heterocycles. The van der Waals surface area contributed by atoms with Crippen LogP contribution in [0.3, 0.4) is 0 Å². The predicted molar refractivity (Wildman–Crippen MR) is 101 cm³/mol. The van der Waals surface area contributed by atoms with E-state index in [2.05, 4.69) is 10.3 Å². The van der Waals surface area contributed by atoms with Crippen LogP contribution in [0.15, 0.2) is 48.5 Å². The van der Waals surface area contributed by atoms with Crippen molar-refractivity contribution in [3.63, 3.8) is 0 Å². The Morgan fingerprint density at radius 3 is 2.65 bits per heavy atom. The summed E-state index contributed by atoms with van der Waals surface area (Å²) in [5, 5.41) is 3.64. The van der Waals surface area contributed by atoms with Crippen molar-refractivity contribution in [3.8, 4) is 5.75 Å². The zero-order valence-electron chi connectivity index (χ0n) is 13.8. The number of fused-ring (bicyclic) bond motifs is 1. The minimum Gasteiger partial charge on any atom is -0.479 e. The molecule has 0 bridgehead atoms. The van der Waals surface area contributed by atoms with Crippen LogP contribution in [0.2, 0.25) is 5.02 Å². The van der Waals surface area contributed by atoms with Gasteiger partial charge in [-0.15, -0.1) is 0 Å². The number of ether oxygens (including phenoxy) is 2. The fraction of sp³-hybridized carbons (Fsp3) is 0.167. The molecule has 3 aromatic rings. The number of carbonyl (C=O) groups excluding carboxylic acids is 2. The second kappa shape index (κ2) is 8.16. The van der Waals surface area contributed by atoms with Crippen LogP contribution in [0.4, 0.5) is 5.13 Å². The highest BCUT2D eigenvalue weighted by Gasteiger charge is 2.18. The normalized spacial score (nSPS) is 11.8. The maximum absolute atomic E-state index is 11.9. The molecule has 0 radical (unpaired) electrons. The summed E-state index contributed by atoms with van der Waals surface area (Å²) in [5.41, 5.74) is 0.801. The van der Waals surface area contributed by atoms with Crippen LogP contribution < -0.4 is 10.1 Å². The summed E-state index contributed by atoms with van der Waals surface area (Å²) in [6.45, 7) is 1.13. The Balaban J connectivity index is 1.48. The summed E-state index contributed by atoms with van der Waals surface area (Å²) in [6.07, 6.45) is -0.855. The molecule has 0 spiro atoms. The molecule has 1 amide bonds. The molecule has 0 saturated carbocycles. The van der Waals surface area contributed by atoms with Crippen LogP contribution in [0.1, 0.15) is 6.92 Å². The lowest BCUT2D eigenvalue weighted by Gasteiger charge is -2.13. The summed E-state index contributed by atoms with van der Waals surface area (Å²) in [6, 6.07) is 14.1. The van der Waals surface area contributed by atoms with E-state index in [1.54, 1.807) is 31.2 Å². The molecular formula is C18H15ClN2O4S. The average Bonchev–Trinajstić information content (AvgIpc) is 3.03. The lowest BCUT2D eigenvalue weighted by molar-refractivity contribution is -0.153. The summed E-state index contributed by atoms with van der Waals surface area (Å²) in [5.74, 6) is -0.617. The summed E-state index contributed by atoms with van der Waals surface area (Å²) < 4.78 is 11.4. The first-order valence-electron chi connectivity index (χ1n) is 7.75. The Hall–Kier alpha value is -2.64. The fourth-order valence-electron chi connectivity index (χ4n) is 2.10. The standard InChI is InChI=1S/C18H15ClN2O4S/c1-11(25-13-8-6-12(19)7-9-13)17(23)24-10-16(22)21-18-20-14-4-2-3-5-15(14)26-18/h2-9,11H,10H2,1H3,(H,20,21,22). The molecule has 1 N–H and O–H groups in total. The zero-order valence-corrected chi connectivity index (χ0v) is 15.3. The fourth-order valence-corrected chi connectivity index (χ4v) is 3.11. The molecule has 1 unspecified atom stereocenters. The minimum atomic E-state index is -0.855. The Morgan fingerprint density at radius 1 is 1.19 bits per heavy atom. The molecule has 26 heavy (non-hydrogen) atoms. The number of thiazole rings is 1. The Kier molecular flexibility index (Phi) is 5.70. The predicted octanol–water partition coefficient (Wildman–Crippen LogP) is 3.90. The molecule has 0 fully saturated rings. The van der Waals surface area contributed by atoms with E-state index >= 15 is 0 Å². The summed E-state index contributed by atoms with van der Waals surface area (Å²) in [4.78, 5) is 28.2. The number of amides is 1. The van der Waals surface area contributed by atoms with Crippen LogP contribution in [0, 0.1) is 0 Å². The van der Waals surface area contributed by atoms with Gasteiger partial charge in [-0.25, -0.2) is 9.78 Å². The van der Waals surface area contributed by atoms with Crippen molar-refractivity contribution in [2.45, 2.75) is 13.0 Å². The van der Waals surface area contributed by atoms with Crippen molar-refractivity contribution >= 4 is 50.2 Å². The molecule has 1 heterocycles. The SMILES string of the molecule is CC(Oc1ccc(Cl)cc1)C(=O)OCC(=O)Nc1nc2ccccc2s1. The minimum absolute atomic E-state index is 0.414. The van der Waals surface area contributed by atoms with Crippen LogP contribution in [-0.2, 0) is 14.3 Å². The van der Waals surface area contributed by atoms with E-state index < -0.39 is 24.6 Å². The number of aromatic nitrogens is 1. The van der Waals surface area contributed by atoms with Gasteiger partial charge in [0.25, 0.3) is 5.91 Å². The van der Waals surface area contributed by atoms with E-state index in [9.17, 15) is 9.59 Å². The van der Waals surface area contributed by atoms with Crippen molar-refractivity contribution in [2.24, 2.45) is 0 Å². The number of para-hydroxylation sites is 1. The highest BCUT2D eigenvalue weighted by atomic mass is 35.5. The van der Waals surface area contributed by atoms with Gasteiger partial charge < -0.3 is 9.47 Å². The largest absolute Gasteiger partial charge is 0.479 e. The third-order valence-electron chi connectivity index (χ3n) is 3.34. The smallest absolute Gasteiger partial charge is 0.347 e. The van der Waals surface area contributed by atoms with Gasteiger partial charge in [0.05, 0.1) is 10.2 Å². The third kappa shape index (κ3) is 4.71. The van der Waals surface area contributed by atoms with Gasteiger partial charge in [-0.3, -0.25) is 10.1 Å². The number of rotatable bonds is 6. The lowest BCUT2D eigenvalue weighted by atomic mass is 10.3. The van der Waals surface area contributed by atoms with E-state index in [0.29, 0.717) is 15.9 Å². The first kappa shape index (κ1) is 18.2. The molecule has 0 aliphatic heterocycles. The number of hydrogen-bond donors (Lipinski definition) is 1. The highest BCUT2D eigenvalue weighted by Crippen LogP contribution is 2.25. The average molecular weight is 391 g/mol. The summed E-state index contributed by atoms with van der Waals surface area (Å²) in [7, 11) is 0. The lowest BCUT2D eigenvalue weighted by Crippen LogP contribution is -2.29. The van der Waals surface area contributed by atoms with Gasteiger partial charge in [-0.2, -0.15) is 0 Å². The molecule has 1 atom stereocenters. The van der Waals surface area contributed by atoms with E-state index in [1.165, 1.54) is 11.3 Å². The van der Waals surface area contributed by atoms with Gasteiger partial charge >= 0.3 is 5.97 Å². The third-order valence-corrected chi connectivity index (χ3v) is 4.55. The number of nitrogens with one attached hydrogen (secondary N) is 1. The first-order chi connectivity index (χ1) is 12.5. The molecule has 0 aliphatic carbocycles. The van der Waals surface area contributed by atoms with Crippen LogP contribution in [0.5, 0.6) is 5.75 Å². The molecule has 134 valence electrons. The number of carbonyl (C=O) groups is 2. The van der Waals surface area contributed by atoms with Crippen molar-refractivity contribution in [1.29, 1.82) is 0 Å². The van der Waals surface area contributed by atoms with Gasteiger partial charge in [-0.1, -0.05) is 35.1 Å². The highest BCUT2D eigenvalue weighted by molar-refractivity contribution is 7.22. The summed E-state index contributed by atoms with van der Waals surface area (Å²) >= 11 is 7.14. The number of halogens is 1. The van der Waals surface area contributed by atoms with Crippen molar-refractivity contribution in [3.05, 3.63) is 53.6 Å². The maximum atomic E-state index is 11.9. The van der Waals surface area contributed by atoms with Gasteiger partial charge in [0.1, 0.15) is 5.75 Å². The number of anilines is 1.